The van der Waals surface area contributed by atoms with Crippen LogP contribution in [0.4, 0.5) is 0 Å². The third-order valence-corrected chi connectivity index (χ3v) is 4.82. The number of ether oxygens (including phenoxy) is 1. The molecule has 0 saturated heterocycles. The summed E-state index contributed by atoms with van der Waals surface area (Å²) in [6.45, 7) is 8.30. The molecule has 0 unspecified atom stereocenters. The second kappa shape index (κ2) is 5.00. The summed E-state index contributed by atoms with van der Waals surface area (Å²) in [5.74, 6) is 0.932. The van der Waals surface area contributed by atoms with Gasteiger partial charge in [0.25, 0.3) is 0 Å². The molecule has 0 saturated carbocycles. The third-order valence-electron chi connectivity index (χ3n) is 3.63. The van der Waals surface area contributed by atoms with Crippen molar-refractivity contribution in [2.45, 2.75) is 27.7 Å². The second-order valence-corrected chi connectivity index (χ2v) is 5.68. The number of halogens is 1. The molecule has 0 fully saturated rings. The highest BCUT2D eigenvalue weighted by molar-refractivity contribution is 9.10. The lowest BCUT2D eigenvalue weighted by molar-refractivity contribution is 0.412. The molecule has 4 heteroatoms. The molecule has 0 amide bonds. The summed E-state index contributed by atoms with van der Waals surface area (Å²) in [7, 11) is 3.69. The number of benzene rings is 1. The van der Waals surface area contributed by atoms with Gasteiger partial charge in [-0.15, -0.1) is 0 Å². The quantitative estimate of drug-likeness (QED) is 0.832. The van der Waals surface area contributed by atoms with E-state index >= 15 is 0 Å². The predicted molar refractivity (Wildman–Crippen MR) is 81.8 cm³/mol. The maximum atomic E-state index is 5.65. The first-order chi connectivity index (χ1) is 8.88. The van der Waals surface area contributed by atoms with Crippen molar-refractivity contribution in [2.24, 2.45) is 7.05 Å². The Kier molecular flexibility index (Phi) is 3.72. The van der Waals surface area contributed by atoms with Crippen LogP contribution in [-0.4, -0.2) is 16.9 Å². The first kappa shape index (κ1) is 14.1. The lowest BCUT2D eigenvalue weighted by atomic mass is 9.96. The van der Waals surface area contributed by atoms with E-state index < -0.39 is 0 Å². The van der Waals surface area contributed by atoms with E-state index in [1.807, 2.05) is 18.7 Å². The Balaban J connectivity index is 2.86. The molecule has 1 aromatic heterocycles. The van der Waals surface area contributed by atoms with Gasteiger partial charge in [0.1, 0.15) is 5.75 Å². The van der Waals surface area contributed by atoms with E-state index in [-0.39, 0.29) is 0 Å². The van der Waals surface area contributed by atoms with Gasteiger partial charge >= 0.3 is 0 Å². The Morgan fingerprint density at radius 2 is 1.74 bits per heavy atom. The third kappa shape index (κ3) is 2.18. The molecule has 0 bridgehead atoms. The summed E-state index contributed by atoms with van der Waals surface area (Å²) in [4.78, 5) is 0. The van der Waals surface area contributed by atoms with Crippen LogP contribution < -0.4 is 4.74 Å². The molecule has 0 N–H and O–H groups in total. The van der Waals surface area contributed by atoms with E-state index in [4.69, 9.17) is 4.74 Å². The van der Waals surface area contributed by atoms with Gasteiger partial charge in [-0.2, -0.15) is 5.10 Å². The van der Waals surface area contributed by atoms with Crippen LogP contribution in [0.5, 0.6) is 5.75 Å². The van der Waals surface area contributed by atoms with Crippen molar-refractivity contribution in [3.63, 3.8) is 0 Å². The zero-order valence-electron chi connectivity index (χ0n) is 12.3. The smallest absolute Gasteiger partial charge is 0.131 e. The maximum absolute atomic E-state index is 5.65. The van der Waals surface area contributed by atoms with Gasteiger partial charge in [0.05, 0.1) is 18.5 Å². The molecule has 0 aliphatic heterocycles. The maximum Gasteiger partial charge on any atom is 0.131 e. The largest absolute Gasteiger partial charge is 0.496 e. The van der Waals surface area contributed by atoms with Crippen molar-refractivity contribution in [1.82, 2.24) is 9.78 Å². The van der Waals surface area contributed by atoms with Crippen LogP contribution >= 0.6 is 15.9 Å². The fourth-order valence-corrected chi connectivity index (χ4v) is 2.99. The van der Waals surface area contributed by atoms with Gasteiger partial charge in [0.15, 0.2) is 0 Å². The zero-order valence-corrected chi connectivity index (χ0v) is 13.8. The van der Waals surface area contributed by atoms with Crippen molar-refractivity contribution in [1.29, 1.82) is 0 Å². The van der Waals surface area contributed by atoms with Crippen LogP contribution in [0.3, 0.4) is 0 Å². The number of aromatic nitrogens is 2. The average Bonchev–Trinajstić information content (AvgIpc) is 2.69. The predicted octanol–water partition coefficient (Wildman–Crippen LogP) is 4.09. The minimum Gasteiger partial charge on any atom is -0.496 e. The summed E-state index contributed by atoms with van der Waals surface area (Å²) < 4.78 is 8.69. The van der Waals surface area contributed by atoms with Crippen LogP contribution in [0.15, 0.2) is 10.5 Å². The molecule has 1 heterocycles. The van der Waals surface area contributed by atoms with E-state index in [2.05, 4.69) is 47.9 Å². The average molecular weight is 323 g/mol. The molecule has 0 radical (unpaired) electrons. The first-order valence-electron chi connectivity index (χ1n) is 6.22. The minimum atomic E-state index is 0.932. The molecule has 102 valence electrons. The van der Waals surface area contributed by atoms with Gasteiger partial charge in [-0.1, -0.05) is 15.9 Å². The SMILES string of the molecule is COc1c(C)c(C)c(Br)c(C)c1-c1cc(C)nn1C. The Hall–Kier alpha value is -1.29. The highest BCUT2D eigenvalue weighted by Crippen LogP contribution is 2.42. The van der Waals surface area contributed by atoms with Crippen molar-refractivity contribution in [3.05, 3.63) is 32.9 Å². The number of hydrogen-bond acceptors (Lipinski definition) is 2. The molecule has 2 rings (SSSR count). The molecule has 2 aromatic rings. The molecule has 0 aliphatic rings. The molecule has 0 aliphatic carbocycles. The minimum absolute atomic E-state index is 0.932. The summed E-state index contributed by atoms with van der Waals surface area (Å²) >= 11 is 3.69. The van der Waals surface area contributed by atoms with E-state index in [0.29, 0.717) is 0 Å². The van der Waals surface area contributed by atoms with Crippen molar-refractivity contribution < 1.29 is 4.74 Å². The molecule has 19 heavy (non-hydrogen) atoms. The molecular weight excluding hydrogens is 304 g/mol. The summed E-state index contributed by atoms with van der Waals surface area (Å²) in [5, 5.41) is 4.43. The second-order valence-electron chi connectivity index (χ2n) is 4.89. The van der Waals surface area contributed by atoms with Gasteiger partial charge in [0.2, 0.25) is 0 Å². The summed E-state index contributed by atoms with van der Waals surface area (Å²) in [5.41, 5.74) is 6.76. The number of methoxy groups -OCH3 is 1. The molecular formula is C15H19BrN2O. The number of aryl methyl sites for hydroxylation is 2. The van der Waals surface area contributed by atoms with Crippen molar-refractivity contribution >= 4 is 15.9 Å². The monoisotopic (exact) mass is 322 g/mol. The molecule has 1 aromatic carbocycles. The number of rotatable bonds is 2. The zero-order chi connectivity index (χ0) is 14.3. The first-order valence-corrected chi connectivity index (χ1v) is 7.02. The van der Waals surface area contributed by atoms with Crippen molar-refractivity contribution in [2.75, 3.05) is 7.11 Å². The fraction of sp³-hybridized carbons (Fsp3) is 0.400. The lowest BCUT2D eigenvalue weighted by Gasteiger charge is -2.18. The highest BCUT2D eigenvalue weighted by Gasteiger charge is 2.20. The Morgan fingerprint density at radius 3 is 2.21 bits per heavy atom. The highest BCUT2D eigenvalue weighted by atomic mass is 79.9. The molecule has 0 spiro atoms. The van der Waals surface area contributed by atoms with E-state index in [1.54, 1.807) is 7.11 Å². The van der Waals surface area contributed by atoms with E-state index in [0.717, 1.165) is 32.7 Å². The van der Waals surface area contributed by atoms with Gasteiger partial charge in [-0.25, -0.2) is 0 Å². The van der Waals surface area contributed by atoms with Crippen molar-refractivity contribution in [3.8, 4) is 17.0 Å². The van der Waals surface area contributed by atoms with Crippen LogP contribution in [0.1, 0.15) is 22.4 Å². The van der Waals surface area contributed by atoms with Gasteiger partial charge in [-0.3, -0.25) is 4.68 Å². The van der Waals surface area contributed by atoms with Crippen LogP contribution in [0, 0.1) is 27.7 Å². The Labute approximate surface area is 122 Å². The van der Waals surface area contributed by atoms with Crippen LogP contribution in [0.25, 0.3) is 11.3 Å². The topological polar surface area (TPSA) is 27.1 Å². The standard InChI is InChI=1S/C15H19BrN2O/c1-8-7-12(18(5)17-8)13-11(4)14(16)9(2)10(3)15(13)19-6/h7H,1-6H3. The number of nitrogens with zero attached hydrogens (tertiary/aromatic N) is 2. The lowest BCUT2D eigenvalue weighted by Crippen LogP contribution is -2.02. The van der Waals surface area contributed by atoms with E-state index in [1.165, 1.54) is 11.1 Å². The Bertz CT molecular complexity index is 644. The van der Waals surface area contributed by atoms with Crippen LogP contribution in [0.2, 0.25) is 0 Å². The summed E-state index contributed by atoms with van der Waals surface area (Å²) in [6.07, 6.45) is 0. The molecule has 0 atom stereocenters. The van der Waals surface area contributed by atoms with Crippen LogP contribution in [-0.2, 0) is 7.05 Å². The van der Waals surface area contributed by atoms with Gasteiger partial charge in [0, 0.05) is 17.1 Å². The van der Waals surface area contributed by atoms with Gasteiger partial charge < -0.3 is 4.74 Å². The summed E-state index contributed by atoms with van der Waals surface area (Å²) in [6, 6.07) is 2.09. The normalized spacial score (nSPS) is 10.9. The number of hydrogen-bond donors (Lipinski definition) is 0. The fourth-order valence-electron chi connectivity index (χ4n) is 2.49. The van der Waals surface area contributed by atoms with Gasteiger partial charge in [-0.05, 0) is 50.5 Å². The Morgan fingerprint density at radius 1 is 1.11 bits per heavy atom. The van der Waals surface area contributed by atoms with E-state index in [9.17, 15) is 0 Å². The molecule has 3 nitrogen and oxygen atoms in total.